The molecular weight excluding hydrogens is 365 g/mol. The van der Waals surface area contributed by atoms with Gasteiger partial charge in [0.25, 0.3) is 0 Å². The third-order valence-electron chi connectivity index (χ3n) is 6.31. The lowest BCUT2D eigenvalue weighted by Gasteiger charge is -2.41. The fraction of sp³-hybridized carbons (Fsp3) is 0.458. The molecule has 2 aromatic carbocycles. The molecule has 1 amide bonds. The van der Waals surface area contributed by atoms with Crippen LogP contribution in [0, 0.1) is 5.82 Å². The van der Waals surface area contributed by atoms with Crippen molar-refractivity contribution in [2.45, 2.75) is 38.3 Å². The van der Waals surface area contributed by atoms with Gasteiger partial charge in [-0.2, -0.15) is 0 Å². The average molecular weight is 396 g/mol. The highest BCUT2D eigenvalue weighted by atomic mass is 19.1. The zero-order valence-corrected chi connectivity index (χ0v) is 17.2. The van der Waals surface area contributed by atoms with Crippen LogP contribution in [-0.4, -0.2) is 54.0 Å². The molecule has 1 saturated carbocycles. The van der Waals surface area contributed by atoms with E-state index < -0.39 is 0 Å². The number of nitrogens with zero attached hydrogens (tertiary/aromatic N) is 3. The van der Waals surface area contributed by atoms with E-state index in [1.807, 2.05) is 54.3 Å². The lowest BCUT2D eigenvalue weighted by atomic mass is 10.1. The van der Waals surface area contributed by atoms with Crippen LogP contribution in [0.2, 0.25) is 0 Å². The quantitative estimate of drug-likeness (QED) is 0.711. The molecule has 1 aliphatic heterocycles. The fourth-order valence-electron chi connectivity index (χ4n) is 4.36. The summed E-state index contributed by atoms with van der Waals surface area (Å²) >= 11 is 0. The van der Waals surface area contributed by atoms with Crippen molar-refractivity contribution in [1.82, 2.24) is 9.80 Å². The first-order valence-corrected chi connectivity index (χ1v) is 10.7. The molecule has 4 nitrogen and oxygen atoms in total. The van der Waals surface area contributed by atoms with E-state index >= 15 is 0 Å². The number of benzene rings is 2. The van der Waals surface area contributed by atoms with Crippen molar-refractivity contribution in [2.75, 3.05) is 37.6 Å². The summed E-state index contributed by atoms with van der Waals surface area (Å²) in [7, 11) is 0. The molecule has 0 aromatic heterocycles. The normalized spacial score (nSPS) is 19.1. The van der Waals surface area contributed by atoms with Crippen molar-refractivity contribution in [1.29, 1.82) is 0 Å². The summed E-state index contributed by atoms with van der Waals surface area (Å²) in [5.74, 6) is 0.0104. The van der Waals surface area contributed by atoms with Gasteiger partial charge in [-0.05, 0) is 42.7 Å². The Labute approximate surface area is 172 Å². The fourth-order valence-corrected chi connectivity index (χ4v) is 4.36. The molecule has 2 fully saturated rings. The smallest absolute Gasteiger partial charge is 0.226 e. The number of carbonyl (C=O) groups excluding carboxylic acids is 1. The van der Waals surface area contributed by atoms with Crippen molar-refractivity contribution in [3.63, 3.8) is 0 Å². The molecule has 0 spiro atoms. The largest absolute Gasteiger partial charge is 0.311 e. The second kappa shape index (κ2) is 8.64. The van der Waals surface area contributed by atoms with Crippen LogP contribution in [0.3, 0.4) is 0 Å². The van der Waals surface area contributed by atoms with E-state index in [2.05, 4.69) is 9.80 Å². The average Bonchev–Trinajstić information content (AvgIpc) is 3.55. The third-order valence-corrected chi connectivity index (χ3v) is 6.31. The maximum Gasteiger partial charge on any atom is 0.226 e. The highest BCUT2D eigenvalue weighted by Crippen LogP contribution is 2.43. The monoisotopic (exact) mass is 395 g/mol. The number of anilines is 1. The van der Waals surface area contributed by atoms with Gasteiger partial charge in [0.1, 0.15) is 5.82 Å². The van der Waals surface area contributed by atoms with E-state index in [9.17, 15) is 9.18 Å². The summed E-state index contributed by atoms with van der Waals surface area (Å²) in [5.41, 5.74) is 2.29. The minimum absolute atomic E-state index is 0.128. The number of hydrogen-bond donors (Lipinski definition) is 0. The molecule has 0 atom stereocenters. The summed E-state index contributed by atoms with van der Waals surface area (Å²) in [6.45, 7) is 7.63. The van der Waals surface area contributed by atoms with Crippen molar-refractivity contribution >= 4 is 11.6 Å². The Morgan fingerprint density at radius 3 is 2.24 bits per heavy atom. The third kappa shape index (κ3) is 4.68. The summed E-state index contributed by atoms with van der Waals surface area (Å²) in [6, 6.07) is 16.9. The molecule has 0 bridgehead atoms. The second-order valence-electron chi connectivity index (χ2n) is 8.28. The van der Waals surface area contributed by atoms with Crippen molar-refractivity contribution in [3.05, 3.63) is 66.0 Å². The van der Waals surface area contributed by atoms with Crippen LogP contribution in [0.25, 0.3) is 0 Å². The van der Waals surface area contributed by atoms with Gasteiger partial charge in [0.05, 0.1) is 0 Å². The summed E-state index contributed by atoms with van der Waals surface area (Å²) in [6.07, 6.45) is 2.84. The Kier molecular flexibility index (Phi) is 5.97. The number of piperazine rings is 1. The van der Waals surface area contributed by atoms with Gasteiger partial charge in [0.2, 0.25) is 5.91 Å². The van der Waals surface area contributed by atoms with Crippen LogP contribution in [0.4, 0.5) is 10.1 Å². The highest BCUT2D eigenvalue weighted by molar-refractivity contribution is 5.93. The summed E-state index contributed by atoms with van der Waals surface area (Å²) < 4.78 is 13.1. The molecule has 0 radical (unpaired) electrons. The van der Waals surface area contributed by atoms with Crippen molar-refractivity contribution in [2.24, 2.45) is 0 Å². The first kappa shape index (κ1) is 20.0. The van der Waals surface area contributed by atoms with Gasteiger partial charge in [-0.25, -0.2) is 4.39 Å². The van der Waals surface area contributed by atoms with Crippen LogP contribution in [0.15, 0.2) is 54.6 Å². The second-order valence-corrected chi connectivity index (χ2v) is 8.28. The molecule has 154 valence electrons. The maximum atomic E-state index is 13.1. The van der Waals surface area contributed by atoms with E-state index in [0.29, 0.717) is 6.42 Å². The van der Waals surface area contributed by atoms with Gasteiger partial charge in [-0.3, -0.25) is 14.6 Å². The molecule has 4 rings (SSSR count). The number of halogens is 1. The Bertz CT molecular complexity index is 812. The first-order valence-electron chi connectivity index (χ1n) is 10.7. The highest BCUT2D eigenvalue weighted by Gasteiger charge is 2.50. The minimum atomic E-state index is -0.182. The number of carbonyl (C=O) groups is 1. The van der Waals surface area contributed by atoms with Gasteiger partial charge in [0, 0.05) is 56.9 Å². The van der Waals surface area contributed by atoms with Crippen LogP contribution in [-0.2, 0) is 11.3 Å². The molecule has 2 aliphatic rings. The zero-order chi connectivity index (χ0) is 20.3. The molecule has 0 N–H and O–H groups in total. The van der Waals surface area contributed by atoms with Crippen LogP contribution in [0.5, 0.6) is 0 Å². The Balaban J connectivity index is 1.37. The van der Waals surface area contributed by atoms with E-state index in [1.165, 1.54) is 12.1 Å². The molecule has 5 heteroatoms. The molecule has 29 heavy (non-hydrogen) atoms. The molecular formula is C24H30FN3O. The number of amides is 1. The molecule has 1 aliphatic carbocycles. The number of hydrogen-bond acceptors (Lipinski definition) is 3. The zero-order valence-electron chi connectivity index (χ0n) is 17.2. The van der Waals surface area contributed by atoms with Gasteiger partial charge in [0.15, 0.2) is 0 Å². The van der Waals surface area contributed by atoms with Crippen LogP contribution in [0.1, 0.15) is 31.7 Å². The summed E-state index contributed by atoms with van der Waals surface area (Å²) in [4.78, 5) is 19.7. The van der Waals surface area contributed by atoms with E-state index in [1.54, 1.807) is 0 Å². The lowest BCUT2D eigenvalue weighted by molar-refractivity contribution is -0.118. The maximum absolute atomic E-state index is 13.1. The standard InChI is InChI=1S/C24H30FN3O/c1-2-23(29)28(22-6-4-3-5-7-22)19-24(12-13-24)27-16-14-26(15-17-27)18-20-8-10-21(25)11-9-20/h3-11H,2,12-19H2,1H3. The molecule has 1 heterocycles. The van der Waals surface area contributed by atoms with Gasteiger partial charge in [-0.1, -0.05) is 37.3 Å². The SMILES string of the molecule is CCC(=O)N(CC1(N2CCN(Cc3ccc(F)cc3)CC2)CC1)c1ccccc1. The van der Waals surface area contributed by atoms with Gasteiger partial charge < -0.3 is 4.90 Å². The van der Waals surface area contributed by atoms with E-state index in [-0.39, 0.29) is 17.3 Å². The Hall–Kier alpha value is -2.24. The Morgan fingerprint density at radius 1 is 1.00 bits per heavy atom. The topological polar surface area (TPSA) is 26.8 Å². The Morgan fingerprint density at radius 2 is 1.66 bits per heavy atom. The predicted molar refractivity (Wildman–Crippen MR) is 114 cm³/mol. The van der Waals surface area contributed by atoms with Crippen molar-refractivity contribution < 1.29 is 9.18 Å². The van der Waals surface area contributed by atoms with Gasteiger partial charge >= 0.3 is 0 Å². The number of rotatable bonds is 7. The van der Waals surface area contributed by atoms with E-state index in [0.717, 1.165) is 63.4 Å². The first-order chi connectivity index (χ1) is 14.1. The van der Waals surface area contributed by atoms with Crippen LogP contribution >= 0.6 is 0 Å². The van der Waals surface area contributed by atoms with Crippen LogP contribution < -0.4 is 4.90 Å². The molecule has 2 aromatic rings. The molecule has 1 saturated heterocycles. The van der Waals surface area contributed by atoms with E-state index in [4.69, 9.17) is 0 Å². The minimum Gasteiger partial charge on any atom is -0.311 e. The summed E-state index contributed by atoms with van der Waals surface area (Å²) in [5, 5.41) is 0. The lowest BCUT2D eigenvalue weighted by Crippen LogP contribution is -2.55. The van der Waals surface area contributed by atoms with Gasteiger partial charge in [-0.15, -0.1) is 0 Å². The predicted octanol–water partition coefficient (Wildman–Crippen LogP) is 3.92. The molecule has 0 unspecified atom stereocenters. The number of para-hydroxylation sites is 1. The van der Waals surface area contributed by atoms with Crippen molar-refractivity contribution in [3.8, 4) is 0 Å².